The third-order valence-corrected chi connectivity index (χ3v) is 3.53. The molecule has 1 aliphatic rings. The first-order valence-corrected chi connectivity index (χ1v) is 6.45. The number of hydrogen-bond donors (Lipinski definition) is 1. The Morgan fingerprint density at radius 2 is 2.24 bits per heavy atom. The average molecular weight is 303 g/mol. The van der Waals surface area contributed by atoms with E-state index in [9.17, 15) is 4.39 Å². The Balaban J connectivity index is 1.87. The summed E-state index contributed by atoms with van der Waals surface area (Å²) in [6, 6.07) is 3.56. The van der Waals surface area contributed by atoms with Crippen molar-refractivity contribution in [3.8, 4) is 5.75 Å². The molecule has 17 heavy (non-hydrogen) atoms. The molecule has 0 spiro atoms. The molecule has 0 radical (unpaired) electrons. The minimum atomic E-state index is -0.370. The number of anilines is 1. The Bertz CT molecular complexity index is 410. The van der Waals surface area contributed by atoms with Crippen LogP contribution in [0.5, 0.6) is 5.75 Å². The van der Waals surface area contributed by atoms with Crippen molar-refractivity contribution in [1.82, 2.24) is 4.90 Å². The van der Waals surface area contributed by atoms with E-state index >= 15 is 0 Å². The van der Waals surface area contributed by atoms with Crippen LogP contribution in [0.15, 0.2) is 16.6 Å². The van der Waals surface area contributed by atoms with Gasteiger partial charge in [0.1, 0.15) is 18.2 Å². The van der Waals surface area contributed by atoms with Crippen LogP contribution in [0.1, 0.15) is 12.8 Å². The minimum absolute atomic E-state index is 0.333. The van der Waals surface area contributed by atoms with Gasteiger partial charge in [0, 0.05) is 18.7 Å². The molecule has 0 heterocycles. The molecule has 1 aromatic rings. The van der Waals surface area contributed by atoms with Crippen molar-refractivity contribution in [2.45, 2.75) is 18.9 Å². The van der Waals surface area contributed by atoms with Crippen LogP contribution in [0.25, 0.3) is 0 Å². The lowest BCUT2D eigenvalue weighted by molar-refractivity contribution is 0.232. The zero-order valence-corrected chi connectivity index (χ0v) is 11.3. The maximum absolute atomic E-state index is 13.1. The summed E-state index contributed by atoms with van der Waals surface area (Å²) in [6.45, 7) is 1.42. The zero-order chi connectivity index (χ0) is 12.4. The first-order valence-electron chi connectivity index (χ1n) is 5.65. The van der Waals surface area contributed by atoms with E-state index in [4.69, 9.17) is 10.5 Å². The topological polar surface area (TPSA) is 38.5 Å². The second-order valence-electron chi connectivity index (χ2n) is 4.36. The Morgan fingerprint density at radius 3 is 2.88 bits per heavy atom. The molecule has 94 valence electrons. The van der Waals surface area contributed by atoms with Crippen LogP contribution in [0.3, 0.4) is 0 Å². The van der Waals surface area contributed by atoms with Gasteiger partial charge in [0.25, 0.3) is 0 Å². The summed E-state index contributed by atoms with van der Waals surface area (Å²) in [5, 5.41) is 0. The highest BCUT2D eigenvalue weighted by Crippen LogP contribution is 2.29. The van der Waals surface area contributed by atoms with Crippen LogP contribution < -0.4 is 10.5 Å². The first-order chi connectivity index (χ1) is 8.08. The van der Waals surface area contributed by atoms with Gasteiger partial charge >= 0.3 is 0 Å². The van der Waals surface area contributed by atoms with Crippen molar-refractivity contribution in [1.29, 1.82) is 0 Å². The fraction of sp³-hybridized carbons (Fsp3) is 0.500. The molecule has 2 N–H and O–H groups in total. The Morgan fingerprint density at radius 1 is 1.53 bits per heavy atom. The van der Waals surface area contributed by atoms with Crippen molar-refractivity contribution in [2.75, 3.05) is 25.9 Å². The van der Waals surface area contributed by atoms with Gasteiger partial charge in [-0.2, -0.15) is 0 Å². The van der Waals surface area contributed by atoms with E-state index in [1.807, 2.05) is 0 Å². The zero-order valence-electron chi connectivity index (χ0n) is 9.75. The van der Waals surface area contributed by atoms with Crippen LogP contribution in [0, 0.1) is 5.82 Å². The van der Waals surface area contributed by atoms with Crippen LogP contribution in [0.4, 0.5) is 10.1 Å². The van der Waals surface area contributed by atoms with Crippen molar-refractivity contribution >= 4 is 21.6 Å². The van der Waals surface area contributed by atoms with Gasteiger partial charge in [-0.15, -0.1) is 0 Å². The number of hydrogen-bond acceptors (Lipinski definition) is 3. The quantitative estimate of drug-likeness (QED) is 0.850. The molecule has 0 unspecified atom stereocenters. The van der Waals surface area contributed by atoms with Crippen molar-refractivity contribution in [3.05, 3.63) is 22.4 Å². The van der Waals surface area contributed by atoms with Crippen molar-refractivity contribution in [2.24, 2.45) is 0 Å². The van der Waals surface area contributed by atoms with E-state index in [0.717, 1.165) is 12.6 Å². The van der Waals surface area contributed by atoms with Crippen LogP contribution in [-0.2, 0) is 0 Å². The number of benzene rings is 1. The molecule has 5 heteroatoms. The first kappa shape index (κ1) is 12.6. The SMILES string of the molecule is CN(CCOc1cc(Br)c(F)cc1N)C1CC1. The second-order valence-corrected chi connectivity index (χ2v) is 5.22. The molecule has 0 aromatic heterocycles. The summed E-state index contributed by atoms with van der Waals surface area (Å²) in [6.07, 6.45) is 2.56. The van der Waals surface area contributed by atoms with Crippen LogP contribution >= 0.6 is 15.9 Å². The normalized spacial score (nSPS) is 15.3. The highest BCUT2D eigenvalue weighted by atomic mass is 79.9. The number of halogens is 2. The van der Waals surface area contributed by atoms with Gasteiger partial charge in [-0.3, -0.25) is 0 Å². The van der Waals surface area contributed by atoms with Gasteiger partial charge in [-0.25, -0.2) is 4.39 Å². The molecule has 0 amide bonds. The molecule has 0 saturated heterocycles. The summed E-state index contributed by atoms with van der Waals surface area (Å²) in [5.41, 5.74) is 6.01. The maximum atomic E-state index is 13.1. The standard InChI is InChI=1S/C12H16BrFN2O/c1-16(8-2-3-8)4-5-17-12-6-9(13)10(14)7-11(12)15/h6-8H,2-5,15H2,1H3. The lowest BCUT2D eigenvalue weighted by atomic mass is 10.3. The van der Waals surface area contributed by atoms with Crippen LogP contribution in [0.2, 0.25) is 0 Å². The fourth-order valence-electron chi connectivity index (χ4n) is 1.67. The van der Waals surface area contributed by atoms with E-state index < -0.39 is 0 Å². The molecule has 3 nitrogen and oxygen atoms in total. The van der Waals surface area contributed by atoms with Gasteiger partial charge in [0.2, 0.25) is 0 Å². The van der Waals surface area contributed by atoms with Gasteiger partial charge in [-0.1, -0.05) is 0 Å². The lowest BCUT2D eigenvalue weighted by Gasteiger charge is -2.16. The highest BCUT2D eigenvalue weighted by Gasteiger charge is 2.25. The summed E-state index contributed by atoms with van der Waals surface area (Å²) < 4.78 is 19.1. The third-order valence-electron chi connectivity index (χ3n) is 2.92. The number of nitrogen functional groups attached to an aromatic ring is 1. The van der Waals surface area contributed by atoms with Gasteiger partial charge in [-0.05, 0) is 41.9 Å². The van der Waals surface area contributed by atoms with E-state index in [0.29, 0.717) is 22.5 Å². The van der Waals surface area contributed by atoms with E-state index in [1.54, 1.807) is 6.07 Å². The van der Waals surface area contributed by atoms with E-state index in [-0.39, 0.29) is 5.82 Å². The highest BCUT2D eigenvalue weighted by molar-refractivity contribution is 9.10. The maximum Gasteiger partial charge on any atom is 0.143 e. The molecule has 1 aliphatic carbocycles. The van der Waals surface area contributed by atoms with Gasteiger partial charge in [0.15, 0.2) is 0 Å². The Labute approximate surface area is 109 Å². The number of nitrogens with two attached hydrogens (primary N) is 1. The summed E-state index contributed by atoms with van der Waals surface area (Å²) >= 11 is 3.11. The predicted molar refractivity (Wildman–Crippen MR) is 69.7 cm³/mol. The van der Waals surface area contributed by atoms with Gasteiger partial charge < -0.3 is 15.4 Å². The summed E-state index contributed by atoms with van der Waals surface area (Å²) in [5.74, 6) is 0.160. The smallest absolute Gasteiger partial charge is 0.143 e. The number of nitrogens with zero attached hydrogens (tertiary/aromatic N) is 1. The number of likely N-dealkylation sites (N-methyl/N-ethyl adjacent to an activating group) is 1. The van der Waals surface area contributed by atoms with E-state index in [1.165, 1.54) is 18.9 Å². The van der Waals surface area contributed by atoms with Crippen molar-refractivity contribution in [3.63, 3.8) is 0 Å². The third kappa shape index (κ3) is 3.33. The lowest BCUT2D eigenvalue weighted by Crippen LogP contribution is -2.26. The molecule has 0 aliphatic heterocycles. The second kappa shape index (κ2) is 5.23. The molecular weight excluding hydrogens is 287 g/mol. The molecule has 1 saturated carbocycles. The number of rotatable bonds is 5. The number of ether oxygens (including phenoxy) is 1. The Hall–Kier alpha value is -0.810. The average Bonchev–Trinajstić information content (AvgIpc) is 3.09. The summed E-state index contributed by atoms with van der Waals surface area (Å²) in [4.78, 5) is 2.27. The predicted octanol–water partition coefficient (Wildman–Crippen LogP) is 2.64. The molecule has 0 atom stereocenters. The monoisotopic (exact) mass is 302 g/mol. The molecule has 0 bridgehead atoms. The Kier molecular flexibility index (Phi) is 3.89. The molecular formula is C12H16BrFN2O. The summed E-state index contributed by atoms with van der Waals surface area (Å²) in [7, 11) is 2.09. The van der Waals surface area contributed by atoms with Crippen molar-refractivity contribution < 1.29 is 9.13 Å². The van der Waals surface area contributed by atoms with Gasteiger partial charge in [0.05, 0.1) is 10.2 Å². The molecule has 1 fully saturated rings. The van der Waals surface area contributed by atoms with E-state index in [2.05, 4.69) is 27.9 Å². The van der Waals surface area contributed by atoms with Crippen LogP contribution in [-0.4, -0.2) is 31.1 Å². The fourth-order valence-corrected chi connectivity index (χ4v) is 1.99. The molecule has 2 rings (SSSR count). The minimum Gasteiger partial charge on any atom is -0.490 e. The largest absolute Gasteiger partial charge is 0.490 e. The molecule has 1 aromatic carbocycles.